The molecule has 0 aliphatic rings. The molecule has 0 spiro atoms. The Bertz CT molecular complexity index is 1150. The second kappa shape index (κ2) is 8.14. The number of primary sulfonamides is 1. The van der Waals surface area contributed by atoms with Crippen LogP contribution in [0.25, 0.3) is 0 Å². The van der Waals surface area contributed by atoms with Gasteiger partial charge >= 0.3 is 0 Å². The fourth-order valence-corrected chi connectivity index (χ4v) is 4.94. The Kier molecular flexibility index (Phi) is 5.83. The van der Waals surface area contributed by atoms with Crippen LogP contribution in [0.1, 0.15) is 5.56 Å². The SMILES string of the molecule is NS(=O)(=O)c1cccc(S(=O)(=O)N(CCc2ccccc2)c2ccccc2)c1. The predicted octanol–water partition coefficient (Wildman–Crippen LogP) is 2.77. The van der Waals surface area contributed by atoms with Gasteiger partial charge in [0.15, 0.2) is 0 Å². The molecule has 0 radical (unpaired) electrons. The summed E-state index contributed by atoms with van der Waals surface area (Å²) < 4.78 is 51.2. The Balaban J connectivity index is 2.01. The number of benzene rings is 3. The van der Waals surface area contributed by atoms with Gasteiger partial charge in [-0.15, -0.1) is 0 Å². The Morgan fingerprint density at radius 1 is 0.714 bits per heavy atom. The number of hydrogen-bond donors (Lipinski definition) is 1. The molecular formula is C20H20N2O4S2. The molecule has 0 amide bonds. The summed E-state index contributed by atoms with van der Waals surface area (Å²) in [6.07, 6.45) is 0.504. The molecule has 3 aromatic rings. The number of nitrogens with zero attached hydrogens (tertiary/aromatic N) is 1. The molecule has 0 heterocycles. The molecule has 8 heteroatoms. The lowest BCUT2D eigenvalue weighted by Crippen LogP contribution is -2.33. The van der Waals surface area contributed by atoms with Crippen molar-refractivity contribution in [1.82, 2.24) is 0 Å². The molecule has 0 bridgehead atoms. The van der Waals surface area contributed by atoms with Crippen LogP contribution in [0.5, 0.6) is 0 Å². The lowest BCUT2D eigenvalue weighted by molar-refractivity contribution is 0.590. The summed E-state index contributed by atoms with van der Waals surface area (Å²) in [7, 11) is -8.01. The first-order valence-corrected chi connectivity index (χ1v) is 11.5. The summed E-state index contributed by atoms with van der Waals surface area (Å²) in [5, 5.41) is 5.15. The van der Waals surface area contributed by atoms with Crippen molar-refractivity contribution in [1.29, 1.82) is 0 Å². The van der Waals surface area contributed by atoms with E-state index in [4.69, 9.17) is 5.14 Å². The molecule has 3 rings (SSSR count). The van der Waals surface area contributed by atoms with Gasteiger partial charge in [0.25, 0.3) is 10.0 Å². The zero-order valence-corrected chi connectivity index (χ0v) is 16.6. The fourth-order valence-electron chi connectivity index (χ4n) is 2.80. The quantitative estimate of drug-likeness (QED) is 0.640. The van der Waals surface area contributed by atoms with E-state index in [1.165, 1.54) is 22.5 Å². The summed E-state index contributed by atoms with van der Waals surface area (Å²) in [6.45, 7) is 0.204. The van der Waals surface area contributed by atoms with E-state index >= 15 is 0 Å². The number of sulfonamides is 2. The third kappa shape index (κ3) is 4.59. The molecule has 0 fully saturated rings. The van der Waals surface area contributed by atoms with Gasteiger partial charge in [-0.3, -0.25) is 4.31 Å². The van der Waals surface area contributed by atoms with Crippen LogP contribution in [0.4, 0.5) is 5.69 Å². The minimum atomic E-state index is -4.01. The van der Waals surface area contributed by atoms with E-state index in [0.29, 0.717) is 12.1 Å². The smallest absolute Gasteiger partial charge is 0.264 e. The maximum Gasteiger partial charge on any atom is 0.264 e. The van der Waals surface area contributed by atoms with Crippen molar-refractivity contribution >= 4 is 25.7 Å². The van der Waals surface area contributed by atoms with Gasteiger partial charge in [-0.25, -0.2) is 22.0 Å². The third-order valence-corrected chi connectivity index (χ3v) is 6.95. The van der Waals surface area contributed by atoms with Crippen LogP contribution in [0, 0.1) is 0 Å². The number of hydrogen-bond acceptors (Lipinski definition) is 4. The van der Waals surface area contributed by atoms with Crippen molar-refractivity contribution < 1.29 is 16.8 Å². The maximum absolute atomic E-state index is 13.3. The minimum Gasteiger partial charge on any atom is -0.266 e. The van der Waals surface area contributed by atoms with Crippen molar-refractivity contribution in [2.45, 2.75) is 16.2 Å². The Morgan fingerprint density at radius 3 is 1.89 bits per heavy atom. The first-order valence-electron chi connectivity index (χ1n) is 8.53. The molecule has 3 aromatic carbocycles. The predicted molar refractivity (Wildman–Crippen MR) is 109 cm³/mol. The van der Waals surface area contributed by atoms with Gasteiger partial charge in [-0.05, 0) is 42.3 Å². The lowest BCUT2D eigenvalue weighted by Gasteiger charge is -2.25. The van der Waals surface area contributed by atoms with E-state index in [1.54, 1.807) is 30.3 Å². The van der Waals surface area contributed by atoms with Crippen LogP contribution in [0.15, 0.2) is 94.7 Å². The van der Waals surface area contributed by atoms with E-state index in [0.717, 1.165) is 11.6 Å². The van der Waals surface area contributed by atoms with Gasteiger partial charge in [-0.1, -0.05) is 54.6 Å². The van der Waals surface area contributed by atoms with Crippen molar-refractivity contribution in [2.75, 3.05) is 10.8 Å². The topological polar surface area (TPSA) is 97.5 Å². The summed E-state index contributed by atoms with van der Waals surface area (Å²) in [5.41, 5.74) is 1.50. The van der Waals surface area contributed by atoms with E-state index in [-0.39, 0.29) is 16.3 Å². The third-order valence-electron chi connectivity index (χ3n) is 4.21. The molecule has 0 aliphatic heterocycles. The molecule has 0 saturated heterocycles. The van der Waals surface area contributed by atoms with E-state index in [9.17, 15) is 16.8 Å². The highest BCUT2D eigenvalue weighted by Crippen LogP contribution is 2.25. The van der Waals surface area contributed by atoms with Gasteiger partial charge in [0.1, 0.15) is 0 Å². The Hall–Kier alpha value is -2.68. The first-order chi connectivity index (χ1) is 13.3. The van der Waals surface area contributed by atoms with Crippen LogP contribution in [-0.2, 0) is 26.5 Å². The van der Waals surface area contributed by atoms with Crippen LogP contribution in [-0.4, -0.2) is 23.4 Å². The Morgan fingerprint density at radius 2 is 1.29 bits per heavy atom. The van der Waals surface area contributed by atoms with Crippen LogP contribution < -0.4 is 9.44 Å². The van der Waals surface area contributed by atoms with Crippen LogP contribution in [0.3, 0.4) is 0 Å². The van der Waals surface area contributed by atoms with Gasteiger partial charge in [0.05, 0.1) is 15.5 Å². The number of rotatable bonds is 7. The van der Waals surface area contributed by atoms with Gasteiger partial charge in [0, 0.05) is 6.54 Å². The largest absolute Gasteiger partial charge is 0.266 e. The minimum absolute atomic E-state index is 0.129. The number of nitrogens with two attached hydrogens (primary N) is 1. The maximum atomic E-state index is 13.3. The number of anilines is 1. The summed E-state index contributed by atoms with van der Waals surface area (Å²) in [5.74, 6) is 0. The zero-order valence-electron chi connectivity index (χ0n) is 15.0. The van der Waals surface area contributed by atoms with Crippen molar-refractivity contribution in [3.63, 3.8) is 0 Å². The van der Waals surface area contributed by atoms with Gasteiger partial charge in [0.2, 0.25) is 10.0 Å². The van der Waals surface area contributed by atoms with Gasteiger partial charge in [-0.2, -0.15) is 0 Å². The zero-order chi connectivity index (χ0) is 20.2. The molecule has 0 aliphatic carbocycles. The summed E-state index contributed by atoms with van der Waals surface area (Å²) in [4.78, 5) is -0.374. The van der Waals surface area contributed by atoms with Crippen molar-refractivity contribution in [3.05, 3.63) is 90.5 Å². The van der Waals surface area contributed by atoms with E-state index < -0.39 is 20.0 Å². The van der Waals surface area contributed by atoms with E-state index in [1.807, 2.05) is 30.3 Å². The molecule has 6 nitrogen and oxygen atoms in total. The monoisotopic (exact) mass is 416 g/mol. The average Bonchev–Trinajstić information content (AvgIpc) is 2.69. The van der Waals surface area contributed by atoms with Crippen molar-refractivity contribution in [2.24, 2.45) is 5.14 Å². The lowest BCUT2D eigenvalue weighted by atomic mass is 10.1. The highest BCUT2D eigenvalue weighted by atomic mass is 32.2. The molecule has 0 unspecified atom stereocenters. The van der Waals surface area contributed by atoms with Gasteiger partial charge < -0.3 is 0 Å². The van der Waals surface area contributed by atoms with Crippen LogP contribution >= 0.6 is 0 Å². The second-order valence-corrected chi connectivity index (χ2v) is 9.59. The number of para-hydroxylation sites is 1. The van der Waals surface area contributed by atoms with E-state index in [2.05, 4.69) is 0 Å². The highest BCUT2D eigenvalue weighted by molar-refractivity contribution is 7.93. The average molecular weight is 417 g/mol. The molecule has 28 heavy (non-hydrogen) atoms. The first kappa shape index (κ1) is 20.1. The second-order valence-electron chi connectivity index (χ2n) is 6.17. The normalized spacial score (nSPS) is 11.9. The van der Waals surface area contributed by atoms with Crippen LogP contribution in [0.2, 0.25) is 0 Å². The molecular weight excluding hydrogens is 396 g/mol. The highest BCUT2D eigenvalue weighted by Gasteiger charge is 2.26. The summed E-state index contributed by atoms with van der Waals surface area (Å²) >= 11 is 0. The molecule has 0 atom stereocenters. The Labute approximate surface area is 165 Å². The fraction of sp³-hybridized carbons (Fsp3) is 0.100. The molecule has 0 saturated carbocycles. The molecule has 0 aromatic heterocycles. The molecule has 146 valence electrons. The molecule has 2 N–H and O–H groups in total. The standard InChI is InChI=1S/C20H20N2O4S2/c21-27(23,24)19-12-7-13-20(16-19)28(25,26)22(18-10-5-2-6-11-18)15-14-17-8-3-1-4-9-17/h1-13,16H,14-15H2,(H2,21,23,24). The summed E-state index contributed by atoms with van der Waals surface area (Å²) in [6, 6.07) is 23.3. The van der Waals surface area contributed by atoms with Crippen molar-refractivity contribution in [3.8, 4) is 0 Å².